The second-order valence-corrected chi connectivity index (χ2v) is 6.97. The van der Waals surface area contributed by atoms with Crippen LogP contribution in [0.5, 0.6) is 0 Å². The highest BCUT2D eigenvalue weighted by molar-refractivity contribution is 6.45. The number of benzene rings is 1. The molecule has 1 saturated carbocycles. The number of hydrazone groups is 1. The molecule has 2 aliphatic rings. The number of halogens is 3. The molecule has 0 atom stereocenters. The van der Waals surface area contributed by atoms with Crippen LogP contribution in [0, 0.1) is 0 Å². The van der Waals surface area contributed by atoms with Crippen molar-refractivity contribution in [3.8, 4) is 0 Å². The first-order valence-corrected chi connectivity index (χ1v) is 8.56. The van der Waals surface area contributed by atoms with Crippen LogP contribution in [0.15, 0.2) is 53.5 Å². The quantitative estimate of drug-likeness (QED) is 0.839. The molecule has 1 aromatic rings. The van der Waals surface area contributed by atoms with E-state index >= 15 is 0 Å². The molecule has 1 aromatic carbocycles. The second kappa shape index (κ2) is 6.75. The van der Waals surface area contributed by atoms with E-state index < -0.39 is 23.1 Å². The van der Waals surface area contributed by atoms with Crippen LogP contribution in [0.4, 0.5) is 13.2 Å². The third kappa shape index (κ3) is 3.70. The predicted molar refractivity (Wildman–Crippen MR) is 94.8 cm³/mol. The van der Waals surface area contributed by atoms with Gasteiger partial charge in [0.05, 0.1) is 18.3 Å². The van der Waals surface area contributed by atoms with Gasteiger partial charge in [0.15, 0.2) is 5.71 Å². The first-order valence-electron chi connectivity index (χ1n) is 8.56. The fourth-order valence-electron chi connectivity index (χ4n) is 3.76. The van der Waals surface area contributed by atoms with Crippen LogP contribution >= 0.6 is 0 Å². The lowest BCUT2D eigenvalue weighted by atomic mass is 9.78. The van der Waals surface area contributed by atoms with Crippen LogP contribution in [0.25, 0.3) is 0 Å². The zero-order chi connectivity index (χ0) is 19.8. The van der Waals surface area contributed by atoms with Crippen LogP contribution in [0.1, 0.15) is 36.8 Å². The standard InChI is InChI=1S/C19H20F3N3O2/c1-12-15(26)10-25(24-16(12)17(23)27)11-18(7-2-3-8-18)13-5-4-6-14(9-13)19(20,21)22/h4-6,9-10,26H,1-3,7-8,11H2,(H2,23,27). The number of hydrogen-bond acceptors (Lipinski definition) is 4. The minimum atomic E-state index is -4.42. The summed E-state index contributed by atoms with van der Waals surface area (Å²) in [5.74, 6) is -1.07. The summed E-state index contributed by atoms with van der Waals surface area (Å²) in [6, 6.07) is 5.32. The molecule has 1 amide bonds. The molecule has 144 valence electrons. The smallest absolute Gasteiger partial charge is 0.416 e. The molecule has 0 radical (unpaired) electrons. The Morgan fingerprint density at radius 2 is 2.00 bits per heavy atom. The van der Waals surface area contributed by atoms with E-state index in [1.54, 1.807) is 6.07 Å². The number of aliphatic hydroxyl groups excluding tert-OH is 1. The molecule has 3 rings (SSSR count). The summed E-state index contributed by atoms with van der Waals surface area (Å²) in [6.07, 6.45) is 0.0118. The topological polar surface area (TPSA) is 78.9 Å². The van der Waals surface area contributed by atoms with Crippen molar-refractivity contribution >= 4 is 11.6 Å². The van der Waals surface area contributed by atoms with Gasteiger partial charge in [0.25, 0.3) is 5.91 Å². The lowest BCUT2D eigenvalue weighted by Gasteiger charge is -2.35. The average Bonchev–Trinajstić information content (AvgIpc) is 3.07. The van der Waals surface area contributed by atoms with E-state index in [4.69, 9.17) is 5.73 Å². The van der Waals surface area contributed by atoms with Crippen molar-refractivity contribution in [3.05, 3.63) is 59.5 Å². The first-order chi connectivity index (χ1) is 12.6. The van der Waals surface area contributed by atoms with Crippen molar-refractivity contribution in [1.29, 1.82) is 0 Å². The van der Waals surface area contributed by atoms with Gasteiger partial charge < -0.3 is 10.8 Å². The van der Waals surface area contributed by atoms with Crippen molar-refractivity contribution in [3.63, 3.8) is 0 Å². The van der Waals surface area contributed by atoms with Crippen LogP contribution < -0.4 is 5.73 Å². The lowest BCUT2D eigenvalue weighted by Crippen LogP contribution is -2.38. The van der Waals surface area contributed by atoms with Crippen LogP contribution in [-0.2, 0) is 16.4 Å². The molecule has 27 heavy (non-hydrogen) atoms. The zero-order valence-corrected chi connectivity index (χ0v) is 14.6. The zero-order valence-electron chi connectivity index (χ0n) is 14.6. The summed E-state index contributed by atoms with van der Waals surface area (Å²) in [7, 11) is 0. The molecule has 0 saturated heterocycles. The van der Waals surface area contributed by atoms with Gasteiger partial charge in [0.1, 0.15) is 5.76 Å². The van der Waals surface area contributed by atoms with E-state index in [1.165, 1.54) is 23.3 Å². The van der Waals surface area contributed by atoms with Gasteiger partial charge >= 0.3 is 6.18 Å². The Morgan fingerprint density at radius 3 is 2.59 bits per heavy atom. The van der Waals surface area contributed by atoms with E-state index in [9.17, 15) is 23.1 Å². The second-order valence-electron chi connectivity index (χ2n) is 6.97. The van der Waals surface area contributed by atoms with Crippen molar-refractivity contribution in [2.24, 2.45) is 10.8 Å². The van der Waals surface area contributed by atoms with E-state index in [2.05, 4.69) is 11.7 Å². The molecule has 1 aliphatic carbocycles. The highest BCUT2D eigenvalue weighted by Crippen LogP contribution is 2.43. The van der Waals surface area contributed by atoms with E-state index in [0.717, 1.165) is 18.9 Å². The predicted octanol–water partition coefficient (Wildman–Crippen LogP) is 3.63. The molecule has 1 fully saturated rings. The van der Waals surface area contributed by atoms with Gasteiger partial charge in [0, 0.05) is 11.0 Å². The lowest BCUT2D eigenvalue weighted by molar-refractivity contribution is -0.137. The number of amides is 1. The molecule has 1 aliphatic heterocycles. The summed E-state index contributed by atoms with van der Waals surface area (Å²) < 4.78 is 39.4. The summed E-state index contributed by atoms with van der Waals surface area (Å²) in [6.45, 7) is 3.80. The van der Waals surface area contributed by atoms with Crippen LogP contribution in [-0.4, -0.2) is 28.3 Å². The van der Waals surface area contributed by atoms with E-state index in [1.807, 2.05) is 0 Å². The number of primary amides is 1. The molecular weight excluding hydrogens is 359 g/mol. The minimum Gasteiger partial charge on any atom is -0.506 e. The third-order valence-corrected chi connectivity index (χ3v) is 5.16. The number of carbonyl (C=O) groups excluding carboxylic acids is 1. The molecule has 0 spiro atoms. The SMILES string of the molecule is C=C1C(O)=CN(CC2(c3cccc(C(F)(F)F)c3)CCCC2)N=C1C(N)=O. The fraction of sp³-hybridized carbons (Fsp3) is 0.368. The molecule has 0 bridgehead atoms. The molecule has 3 N–H and O–H groups in total. The number of hydrogen-bond donors (Lipinski definition) is 2. The van der Waals surface area contributed by atoms with Crippen molar-refractivity contribution in [1.82, 2.24) is 5.01 Å². The largest absolute Gasteiger partial charge is 0.506 e. The Morgan fingerprint density at radius 1 is 1.33 bits per heavy atom. The number of allylic oxidation sites excluding steroid dienone is 1. The van der Waals surface area contributed by atoms with E-state index in [-0.39, 0.29) is 23.6 Å². The maximum absolute atomic E-state index is 13.1. The Labute approximate surface area is 154 Å². The van der Waals surface area contributed by atoms with Gasteiger partial charge in [-0.05, 0) is 24.5 Å². The van der Waals surface area contributed by atoms with Crippen molar-refractivity contribution in [2.75, 3.05) is 6.54 Å². The Balaban J connectivity index is 1.97. The van der Waals surface area contributed by atoms with Gasteiger partial charge in [-0.15, -0.1) is 0 Å². The van der Waals surface area contributed by atoms with Gasteiger partial charge in [-0.1, -0.05) is 37.6 Å². The van der Waals surface area contributed by atoms with Gasteiger partial charge in [-0.3, -0.25) is 9.80 Å². The van der Waals surface area contributed by atoms with Crippen molar-refractivity contribution in [2.45, 2.75) is 37.3 Å². The molecule has 8 heteroatoms. The Hall–Kier alpha value is -2.77. The Kier molecular flexibility index (Phi) is 4.75. The third-order valence-electron chi connectivity index (χ3n) is 5.16. The van der Waals surface area contributed by atoms with Gasteiger partial charge in [0.2, 0.25) is 0 Å². The maximum atomic E-state index is 13.1. The number of rotatable bonds is 4. The summed E-state index contributed by atoms with van der Waals surface area (Å²) in [5, 5.41) is 15.5. The normalized spacial score (nSPS) is 19.7. The maximum Gasteiger partial charge on any atom is 0.416 e. The summed E-state index contributed by atoms with van der Waals surface area (Å²) >= 11 is 0. The van der Waals surface area contributed by atoms with Crippen molar-refractivity contribution < 1.29 is 23.1 Å². The number of carbonyl (C=O) groups is 1. The monoisotopic (exact) mass is 379 g/mol. The fourth-order valence-corrected chi connectivity index (χ4v) is 3.76. The first kappa shape index (κ1) is 19.0. The number of nitrogens with zero attached hydrogens (tertiary/aromatic N) is 2. The number of alkyl halides is 3. The number of nitrogens with two attached hydrogens (primary N) is 1. The molecule has 1 heterocycles. The molecular formula is C19H20F3N3O2. The number of aliphatic hydroxyl groups is 1. The van der Waals surface area contributed by atoms with Gasteiger partial charge in [-0.25, -0.2) is 0 Å². The van der Waals surface area contributed by atoms with Crippen LogP contribution in [0.2, 0.25) is 0 Å². The average molecular weight is 379 g/mol. The van der Waals surface area contributed by atoms with Crippen LogP contribution in [0.3, 0.4) is 0 Å². The minimum absolute atomic E-state index is 0.0262. The summed E-state index contributed by atoms with van der Waals surface area (Å²) in [4.78, 5) is 11.5. The molecule has 0 aromatic heterocycles. The molecule has 0 unspecified atom stereocenters. The molecule has 5 nitrogen and oxygen atoms in total. The van der Waals surface area contributed by atoms with Gasteiger partial charge in [-0.2, -0.15) is 18.3 Å². The van der Waals surface area contributed by atoms with E-state index in [0.29, 0.717) is 18.4 Å². The Bertz CT molecular complexity index is 837. The summed E-state index contributed by atoms with van der Waals surface area (Å²) in [5.41, 5.74) is 4.46. The highest BCUT2D eigenvalue weighted by Gasteiger charge is 2.40. The highest BCUT2D eigenvalue weighted by atomic mass is 19.4.